The molecule has 4 rings (SSSR count). The summed E-state index contributed by atoms with van der Waals surface area (Å²) in [5, 5.41) is 2.79. The first-order chi connectivity index (χ1) is 12.1. The monoisotopic (exact) mass is 340 g/mol. The van der Waals surface area contributed by atoms with Crippen molar-refractivity contribution in [3.8, 4) is 5.75 Å². The van der Waals surface area contributed by atoms with Gasteiger partial charge < -0.3 is 19.5 Å². The smallest absolute Gasteiger partial charge is 0.265 e. The van der Waals surface area contributed by atoms with Crippen LogP contribution in [0.15, 0.2) is 36.9 Å². The van der Waals surface area contributed by atoms with Crippen molar-refractivity contribution < 1.29 is 14.3 Å². The molecule has 3 heterocycles. The maximum Gasteiger partial charge on any atom is 0.265 e. The highest BCUT2D eigenvalue weighted by atomic mass is 16.5. The fourth-order valence-corrected chi connectivity index (χ4v) is 3.43. The van der Waals surface area contributed by atoms with Gasteiger partial charge in [0.05, 0.1) is 23.6 Å². The average Bonchev–Trinajstić information content (AvgIpc) is 3.16. The standard InChI is InChI=1S/C18H20N4O3/c1-12-17(23)20-15-6-2-5-14(16(15)25-12)18(24)21-8-3-4-13(10-21)22-9-7-19-11-22/h2,5-7,9,11-13H,3-4,8,10H2,1H3,(H,20,23). The quantitative estimate of drug-likeness (QED) is 0.908. The van der Waals surface area contributed by atoms with Crippen LogP contribution >= 0.6 is 0 Å². The van der Waals surface area contributed by atoms with Crippen LogP contribution in [0.3, 0.4) is 0 Å². The van der Waals surface area contributed by atoms with Gasteiger partial charge in [-0.05, 0) is 31.9 Å². The fourth-order valence-electron chi connectivity index (χ4n) is 3.43. The Morgan fingerprint density at radius 3 is 3.08 bits per heavy atom. The normalized spacial score (nSPS) is 22.8. The molecule has 0 aliphatic carbocycles. The first kappa shape index (κ1) is 15.7. The number of carbonyl (C=O) groups is 2. The number of ether oxygens (including phenoxy) is 1. The van der Waals surface area contributed by atoms with Gasteiger partial charge in [0, 0.05) is 25.5 Å². The van der Waals surface area contributed by atoms with E-state index < -0.39 is 6.10 Å². The molecule has 7 heteroatoms. The van der Waals surface area contributed by atoms with Gasteiger partial charge in [-0.1, -0.05) is 6.07 Å². The molecule has 1 aromatic carbocycles. The lowest BCUT2D eigenvalue weighted by Crippen LogP contribution is -2.41. The van der Waals surface area contributed by atoms with E-state index in [1.807, 2.05) is 11.1 Å². The number of benzene rings is 1. The minimum Gasteiger partial charge on any atom is -0.478 e. The molecular formula is C18H20N4O3. The number of amides is 2. The maximum atomic E-state index is 13.1. The molecule has 1 saturated heterocycles. The van der Waals surface area contributed by atoms with Crippen molar-refractivity contribution in [2.24, 2.45) is 0 Å². The number of imidazole rings is 1. The van der Waals surface area contributed by atoms with E-state index in [0.29, 0.717) is 23.5 Å². The number of para-hydroxylation sites is 1. The third-order valence-electron chi connectivity index (χ3n) is 4.80. The number of anilines is 1. The molecule has 1 aromatic heterocycles. The van der Waals surface area contributed by atoms with Gasteiger partial charge in [0.1, 0.15) is 0 Å². The fraction of sp³-hybridized carbons (Fsp3) is 0.389. The largest absolute Gasteiger partial charge is 0.478 e. The Labute approximate surface area is 145 Å². The predicted octanol–water partition coefficient (Wildman–Crippen LogP) is 2.08. The van der Waals surface area contributed by atoms with Crippen LogP contribution in [0.4, 0.5) is 5.69 Å². The van der Waals surface area contributed by atoms with Crippen LogP contribution in [0.1, 0.15) is 36.2 Å². The Balaban J connectivity index is 1.59. The summed E-state index contributed by atoms with van der Waals surface area (Å²) in [7, 11) is 0. The zero-order valence-electron chi connectivity index (χ0n) is 14.0. The van der Waals surface area contributed by atoms with Gasteiger partial charge >= 0.3 is 0 Å². The van der Waals surface area contributed by atoms with Crippen LogP contribution in [0, 0.1) is 0 Å². The summed E-state index contributed by atoms with van der Waals surface area (Å²) in [6.07, 6.45) is 6.84. The third kappa shape index (κ3) is 2.86. The predicted molar refractivity (Wildman–Crippen MR) is 91.6 cm³/mol. The molecule has 2 aromatic rings. The Hall–Kier alpha value is -2.83. The number of likely N-dealkylation sites (tertiary alicyclic amines) is 1. The van der Waals surface area contributed by atoms with Gasteiger partial charge in [-0.3, -0.25) is 9.59 Å². The van der Waals surface area contributed by atoms with E-state index in [1.165, 1.54) is 0 Å². The lowest BCUT2D eigenvalue weighted by atomic mass is 10.0. The molecule has 0 saturated carbocycles. The number of nitrogens with one attached hydrogen (secondary N) is 1. The summed E-state index contributed by atoms with van der Waals surface area (Å²) < 4.78 is 7.77. The Morgan fingerprint density at radius 2 is 2.28 bits per heavy atom. The first-order valence-corrected chi connectivity index (χ1v) is 8.51. The first-order valence-electron chi connectivity index (χ1n) is 8.51. The van der Waals surface area contributed by atoms with Gasteiger partial charge in [0.2, 0.25) is 0 Å². The van der Waals surface area contributed by atoms with Crippen molar-refractivity contribution in [2.75, 3.05) is 18.4 Å². The Bertz CT molecular complexity index is 803. The molecule has 2 aliphatic rings. The second-order valence-electron chi connectivity index (χ2n) is 6.49. The highest BCUT2D eigenvalue weighted by Gasteiger charge is 2.31. The van der Waals surface area contributed by atoms with Gasteiger partial charge in [0.25, 0.3) is 11.8 Å². The Morgan fingerprint density at radius 1 is 1.40 bits per heavy atom. The molecule has 0 bridgehead atoms. The van der Waals surface area contributed by atoms with Crippen LogP contribution in [0.5, 0.6) is 5.75 Å². The lowest BCUT2D eigenvalue weighted by molar-refractivity contribution is -0.122. The number of hydrogen-bond donors (Lipinski definition) is 1. The van der Waals surface area contributed by atoms with Crippen LogP contribution < -0.4 is 10.1 Å². The van der Waals surface area contributed by atoms with Crippen molar-refractivity contribution in [3.05, 3.63) is 42.5 Å². The maximum absolute atomic E-state index is 13.1. The lowest BCUT2D eigenvalue weighted by Gasteiger charge is -2.34. The topological polar surface area (TPSA) is 76.5 Å². The van der Waals surface area contributed by atoms with E-state index in [1.54, 1.807) is 37.6 Å². The van der Waals surface area contributed by atoms with Crippen LogP contribution in [0.25, 0.3) is 0 Å². The molecule has 2 atom stereocenters. The van der Waals surface area contributed by atoms with Crippen molar-refractivity contribution in [2.45, 2.75) is 31.9 Å². The minimum atomic E-state index is -0.610. The van der Waals surface area contributed by atoms with Gasteiger partial charge in [0.15, 0.2) is 11.9 Å². The minimum absolute atomic E-state index is 0.0648. The van der Waals surface area contributed by atoms with Gasteiger partial charge in [-0.15, -0.1) is 0 Å². The molecule has 1 N–H and O–H groups in total. The molecule has 1 fully saturated rings. The van der Waals surface area contributed by atoms with E-state index >= 15 is 0 Å². The molecule has 0 spiro atoms. The summed E-state index contributed by atoms with van der Waals surface area (Å²) in [6, 6.07) is 5.51. The van der Waals surface area contributed by atoms with E-state index in [2.05, 4.69) is 14.9 Å². The van der Waals surface area contributed by atoms with Gasteiger partial charge in [-0.25, -0.2) is 4.98 Å². The molecule has 0 radical (unpaired) electrons. The third-order valence-corrected chi connectivity index (χ3v) is 4.80. The average molecular weight is 340 g/mol. The molecule has 2 aliphatic heterocycles. The summed E-state index contributed by atoms with van der Waals surface area (Å²) in [5.74, 6) is 0.199. The summed E-state index contributed by atoms with van der Waals surface area (Å²) in [6.45, 7) is 3.03. The molecule has 7 nitrogen and oxygen atoms in total. The number of hydrogen-bond acceptors (Lipinski definition) is 4. The second kappa shape index (κ2) is 6.23. The SMILES string of the molecule is CC1Oc2c(cccc2C(=O)N2CCCC(n3ccnc3)C2)NC1=O. The van der Waals surface area contributed by atoms with E-state index in [0.717, 1.165) is 19.4 Å². The van der Waals surface area contributed by atoms with Crippen molar-refractivity contribution >= 4 is 17.5 Å². The highest BCUT2D eigenvalue weighted by Crippen LogP contribution is 2.35. The molecule has 2 amide bonds. The number of carbonyl (C=O) groups excluding carboxylic acids is 2. The van der Waals surface area contributed by atoms with Crippen molar-refractivity contribution in [1.82, 2.24) is 14.5 Å². The number of aromatic nitrogens is 2. The molecule has 2 unspecified atom stereocenters. The number of rotatable bonds is 2. The summed E-state index contributed by atoms with van der Waals surface area (Å²) in [5.41, 5.74) is 1.05. The van der Waals surface area contributed by atoms with Crippen LogP contribution in [0.2, 0.25) is 0 Å². The summed E-state index contributed by atoms with van der Waals surface area (Å²) in [4.78, 5) is 30.8. The Kier molecular flexibility index (Phi) is 3.91. The zero-order valence-corrected chi connectivity index (χ0v) is 14.0. The van der Waals surface area contributed by atoms with Gasteiger partial charge in [-0.2, -0.15) is 0 Å². The highest BCUT2D eigenvalue weighted by molar-refractivity contribution is 6.04. The van der Waals surface area contributed by atoms with Crippen LogP contribution in [-0.2, 0) is 4.79 Å². The van der Waals surface area contributed by atoms with Crippen LogP contribution in [-0.4, -0.2) is 45.5 Å². The number of piperidine rings is 1. The number of fused-ring (bicyclic) bond motifs is 1. The molecular weight excluding hydrogens is 320 g/mol. The molecule has 25 heavy (non-hydrogen) atoms. The molecule has 130 valence electrons. The summed E-state index contributed by atoms with van der Waals surface area (Å²) >= 11 is 0. The van der Waals surface area contributed by atoms with Crippen molar-refractivity contribution in [1.29, 1.82) is 0 Å². The zero-order chi connectivity index (χ0) is 17.4. The number of nitrogens with zero attached hydrogens (tertiary/aromatic N) is 3. The van der Waals surface area contributed by atoms with E-state index in [-0.39, 0.29) is 17.9 Å². The van der Waals surface area contributed by atoms with Crippen molar-refractivity contribution in [3.63, 3.8) is 0 Å². The van der Waals surface area contributed by atoms with E-state index in [9.17, 15) is 9.59 Å². The second-order valence-corrected chi connectivity index (χ2v) is 6.49. The van der Waals surface area contributed by atoms with E-state index in [4.69, 9.17) is 4.74 Å².